The molecule has 13 nitrogen and oxygen atoms in total. The quantitative estimate of drug-likeness (QED) is 0.0543. The number of aromatic hydroxyl groups is 1. The van der Waals surface area contributed by atoms with Crippen molar-refractivity contribution in [2.45, 2.75) is 90.8 Å². The Hall–Kier alpha value is -6.44. The molecule has 63 heavy (non-hydrogen) atoms. The third kappa shape index (κ3) is 13.3. The van der Waals surface area contributed by atoms with E-state index in [9.17, 15) is 29.4 Å². The van der Waals surface area contributed by atoms with Crippen LogP contribution < -0.4 is 36.1 Å². The van der Waals surface area contributed by atoms with Crippen molar-refractivity contribution in [3.8, 4) is 17.2 Å². The standard InChI is InChI=1S/C50H61N5O8/c1-31(2)43(47(59)52-30-36-22-25-38(63-7)28-41(36)56)55-48(60)44(51-29-33-20-23-37(62-6)24-21-33)45(58)40(26-32-14-9-8-10-15-32)53-49(61)46(50(3,4)5)54-42(57)27-35-18-13-17-34-16-11-12-19-39(34)35/h8-25,28,31,40,43-46,51,56,58H,26-27,29-30H2,1-7H3,(H,52,59)(H,53,61)(H,54,57)(H,55,60)/t40-,43-,44+,45+,46+/m0/s1. The lowest BCUT2D eigenvalue weighted by Gasteiger charge is -2.35. The van der Waals surface area contributed by atoms with Crippen LogP contribution in [0.2, 0.25) is 0 Å². The summed E-state index contributed by atoms with van der Waals surface area (Å²) < 4.78 is 10.5. The van der Waals surface area contributed by atoms with Gasteiger partial charge in [-0.3, -0.25) is 24.5 Å². The van der Waals surface area contributed by atoms with Crippen molar-refractivity contribution in [3.05, 3.63) is 138 Å². The molecule has 334 valence electrons. The van der Waals surface area contributed by atoms with Crippen LogP contribution in [0.15, 0.2) is 115 Å². The lowest BCUT2D eigenvalue weighted by molar-refractivity contribution is -0.135. The second-order valence-corrected chi connectivity index (χ2v) is 17.1. The van der Waals surface area contributed by atoms with Crippen LogP contribution in [0.5, 0.6) is 17.2 Å². The van der Waals surface area contributed by atoms with Crippen LogP contribution in [0.3, 0.4) is 0 Å². The van der Waals surface area contributed by atoms with Crippen LogP contribution in [-0.4, -0.2) is 78.3 Å². The number of benzene rings is 5. The molecule has 4 amide bonds. The van der Waals surface area contributed by atoms with Gasteiger partial charge >= 0.3 is 0 Å². The van der Waals surface area contributed by atoms with E-state index in [-0.39, 0.29) is 43.5 Å². The fourth-order valence-corrected chi connectivity index (χ4v) is 7.36. The Morgan fingerprint density at radius 2 is 1.30 bits per heavy atom. The summed E-state index contributed by atoms with van der Waals surface area (Å²) in [4.78, 5) is 56.4. The number of carbonyl (C=O) groups is 4. The highest BCUT2D eigenvalue weighted by molar-refractivity contribution is 5.93. The second kappa shape index (κ2) is 22.1. The number of phenolic OH excluding ortho intramolecular Hbond substituents is 1. The average molecular weight is 860 g/mol. The van der Waals surface area contributed by atoms with Crippen molar-refractivity contribution in [2.75, 3.05) is 14.2 Å². The van der Waals surface area contributed by atoms with Gasteiger partial charge in [-0.1, -0.05) is 120 Å². The van der Waals surface area contributed by atoms with Crippen molar-refractivity contribution in [2.24, 2.45) is 11.3 Å². The van der Waals surface area contributed by atoms with Gasteiger partial charge in [-0.2, -0.15) is 0 Å². The Balaban J connectivity index is 1.41. The molecule has 5 aromatic rings. The Morgan fingerprint density at radius 3 is 1.95 bits per heavy atom. The Bertz CT molecular complexity index is 2310. The van der Waals surface area contributed by atoms with Gasteiger partial charge in [0, 0.05) is 24.7 Å². The number of aliphatic hydroxyl groups is 1. The number of phenols is 1. The smallest absolute Gasteiger partial charge is 0.243 e. The van der Waals surface area contributed by atoms with Crippen LogP contribution >= 0.6 is 0 Å². The maximum absolute atomic E-state index is 14.5. The molecule has 0 unspecified atom stereocenters. The molecule has 5 atom stereocenters. The molecule has 0 aliphatic carbocycles. The summed E-state index contributed by atoms with van der Waals surface area (Å²) in [7, 11) is 3.05. The largest absolute Gasteiger partial charge is 0.507 e. The first-order valence-electron chi connectivity index (χ1n) is 21.2. The highest BCUT2D eigenvalue weighted by atomic mass is 16.5. The van der Waals surface area contributed by atoms with E-state index < -0.39 is 53.4 Å². The van der Waals surface area contributed by atoms with Crippen LogP contribution in [0, 0.1) is 11.3 Å². The van der Waals surface area contributed by atoms with E-state index in [1.54, 1.807) is 45.2 Å². The minimum Gasteiger partial charge on any atom is -0.507 e. The summed E-state index contributed by atoms with van der Waals surface area (Å²) in [5, 5.41) is 39.7. The molecule has 0 fully saturated rings. The number of aliphatic hydroxyl groups excluding tert-OH is 1. The Morgan fingerprint density at radius 1 is 0.651 bits per heavy atom. The SMILES string of the molecule is COc1ccc(CN[C@@H](C(=O)N[C@H](C(=O)NCc2ccc(OC)cc2O)C(C)C)[C@H](O)[C@H](Cc2ccccc2)NC(=O)[C@@H](NC(=O)Cc2cccc3ccccc23)C(C)(C)C)cc1. The van der Waals surface area contributed by atoms with E-state index in [0.29, 0.717) is 17.1 Å². The first kappa shape index (κ1) is 47.6. The number of carbonyl (C=O) groups excluding carboxylic acids is 4. The van der Waals surface area contributed by atoms with E-state index in [2.05, 4.69) is 26.6 Å². The van der Waals surface area contributed by atoms with Gasteiger partial charge in [0.15, 0.2) is 0 Å². The van der Waals surface area contributed by atoms with E-state index in [0.717, 1.165) is 27.5 Å². The molecule has 0 spiro atoms. The number of hydrogen-bond donors (Lipinski definition) is 7. The summed E-state index contributed by atoms with van der Waals surface area (Å²) in [5.41, 5.74) is 2.07. The third-order valence-electron chi connectivity index (χ3n) is 11.0. The molecule has 0 saturated carbocycles. The average Bonchev–Trinajstić information content (AvgIpc) is 3.26. The number of rotatable bonds is 20. The first-order chi connectivity index (χ1) is 30.1. The fraction of sp³-hybridized carbons (Fsp3) is 0.360. The number of hydrogen-bond acceptors (Lipinski definition) is 9. The maximum Gasteiger partial charge on any atom is 0.243 e. The Labute approximate surface area is 370 Å². The molecule has 5 rings (SSSR count). The van der Waals surface area contributed by atoms with Crippen molar-refractivity contribution < 1.29 is 38.9 Å². The molecule has 0 radical (unpaired) electrons. The minimum absolute atomic E-state index is 0.0197. The lowest BCUT2D eigenvalue weighted by atomic mass is 9.85. The summed E-state index contributed by atoms with van der Waals surface area (Å²) in [6.45, 7) is 9.22. The van der Waals surface area contributed by atoms with Crippen molar-refractivity contribution in [3.63, 3.8) is 0 Å². The monoisotopic (exact) mass is 859 g/mol. The van der Waals surface area contributed by atoms with Crippen LogP contribution in [0.4, 0.5) is 0 Å². The van der Waals surface area contributed by atoms with Gasteiger partial charge in [0.2, 0.25) is 23.6 Å². The Kier molecular flexibility index (Phi) is 16.7. The van der Waals surface area contributed by atoms with Gasteiger partial charge in [0.05, 0.1) is 32.8 Å². The van der Waals surface area contributed by atoms with E-state index in [4.69, 9.17) is 9.47 Å². The topological polar surface area (TPSA) is 187 Å². The molecule has 13 heteroatoms. The van der Waals surface area contributed by atoms with Crippen LogP contribution in [-0.2, 0) is 45.1 Å². The molecule has 0 saturated heterocycles. The zero-order valence-corrected chi connectivity index (χ0v) is 37.1. The predicted molar refractivity (Wildman–Crippen MR) is 244 cm³/mol. The maximum atomic E-state index is 14.5. The van der Waals surface area contributed by atoms with Gasteiger partial charge < -0.3 is 41.0 Å². The van der Waals surface area contributed by atoms with E-state index in [1.165, 1.54) is 13.2 Å². The third-order valence-corrected chi connectivity index (χ3v) is 11.0. The van der Waals surface area contributed by atoms with Gasteiger partial charge in [-0.25, -0.2) is 0 Å². The first-order valence-corrected chi connectivity index (χ1v) is 21.2. The van der Waals surface area contributed by atoms with Crippen molar-refractivity contribution in [1.29, 1.82) is 0 Å². The van der Waals surface area contributed by atoms with E-state index in [1.807, 2.05) is 106 Å². The lowest BCUT2D eigenvalue weighted by Crippen LogP contribution is -2.64. The molecule has 0 aromatic heterocycles. The summed E-state index contributed by atoms with van der Waals surface area (Å²) >= 11 is 0. The van der Waals surface area contributed by atoms with Gasteiger partial charge in [0.1, 0.15) is 35.4 Å². The van der Waals surface area contributed by atoms with Crippen molar-refractivity contribution >= 4 is 34.4 Å². The second-order valence-electron chi connectivity index (χ2n) is 17.1. The molecular formula is C50H61N5O8. The van der Waals surface area contributed by atoms with Gasteiger partial charge in [-0.15, -0.1) is 0 Å². The normalized spacial score (nSPS) is 13.9. The number of nitrogens with one attached hydrogen (secondary N) is 5. The summed E-state index contributed by atoms with van der Waals surface area (Å²) in [6.07, 6.45) is -1.38. The number of fused-ring (bicyclic) bond motifs is 1. The van der Waals surface area contributed by atoms with Crippen molar-refractivity contribution in [1.82, 2.24) is 26.6 Å². The van der Waals surface area contributed by atoms with E-state index >= 15 is 0 Å². The van der Waals surface area contributed by atoms with Crippen LogP contribution in [0.25, 0.3) is 10.8 Å². The number of amides is 4. The van der Waals surface area contributed by atoms with Gasteiger partial charge in [0.25, 0.3) is 0 Å². The van der Waals surface area contributed by atoms with Gasteiger partial charge in [-0.05, 0) is 69.5 Å². The summed E-state index contributed by atoms with van der Waals surface area (Å²) in [6, 6.07) is 30.3. The highest BCUT2D eigenvalue weighted by Crippen LogP contribution is 2.25. The predicted octanol–water partition coefficient (Wildman–Crippen LogP) is 5.34. The molecule has 0 heterocycles. The molecular weight excluding hydrogens is 799 g/mol. The molecule has 0 aliphatic rings. The molecule has 0 bridgehead atoms. The molecule has 0 aliphatic heterocycles. The zero-order valence-electron chi connectivity index (χ0n) is 37.1. The minimum atomic E-state index is -1.55. The summed E-state index contributed by atoms with van der Waals surface area (Å²) in [5.74, 6) is -1.41. The zero-order chi connectivity index (χ0) is 45.7. The number of methoxy groups -OCH3 is 2. The molecule has 7 N–H and O–H groups in total. The number of ether oxygens (including phenoxy) is 2. The molecule has 5 aromatic carbocycles. The fourth-order valence-electron chi connectivity index (χ4n) is 7.36. The highest BCUT2D eigenvalue weighted by Gasteiger charge is 2.39. The van der Waals surface area contributed by atoms with Crippen LogP contribution in [0.1, 0.15) is 56.9 Å².